The second-order valence-electron chi connectivity index (χ2n) is 11.1. The molecule has 6 nitrogen and oxygen atoms in total. The molecule has 0 bridgehead atoms. The van der Waals surface area contributed by atoms with Crippen LogP contribution in [-0.4, -0.2) is 35.6 Å². The fourth-order valence-electron chi connectivity index (χ4n) is 4.72. The summed E-state index contributed by atoms with van der Waals surface area (Å²) < 4.78 is 5.83. The highest BCUT2D eigenvalue weighted by Gasteiger charge is 2.12. The lowest BCUT2D eigenvalue weighted by Crippen LogP contribution is -2.28. The molecule has 6 heteroatoms. The minimum atomic E-state index is -1.03. The van der Waals surface area contributed by atoms with E-state index in [4.69, 9.17) is 9.84 Å². The van der Waals surface area contributed by atoms with Crippen molar-refractivity contribution in [2.75, 3.05) is 6.54 Å². The number of ether oxygens (including phenoxy) is 1. The molecule has 1 unspecified atom stereocenters. The highest BCUT2D eigenvalue weighted by atomic mass is 16.5. The van der Waals surface area contributed by atoms with Gasteiger partial charge >= 0.3 is 11.9 Å². The quantitative estimate of drug-likeness (QED) is 0.0549. The van der Waals surface area contributed by atoms with Gasteiger partial charge in [0, 0.05) is 12.8 Å². The minimum absolute atomic E-state index is 0.0854. The number of carbonyl (C=O) groups is 3. The number of carboxylic acid groups (broad SMARTS) is 1. The lowest BCUT2D eigenvalue weighted by Gasteiger charge is -2.15. The van der Waals surface area contributed by atoms with Gasteiger partial charge in [0.1, 0.15) is 12.6 Å². The van der Waals surface area contributed by atoms with E-state index in [0.717, 1.165) is 51.4 Å². The molecule has 2 N–H and O–H groups in total. The molecule has 1 amide bonds. The van der Waals surface area contributed by atoms with Gasteiger partial charge in [-0.3, -0.25) is 14.4 Å². The molecule has 0 saturated carbocycles. The van der Waals surface area contributed by atoms with Gasteiger partial charge < -0.3 is 15.2 Å². The average molecular weight is 552 g/mol. The number of aliphatic carboxylic acids is 1. The van der Waals surface area contributed by atoms with Crippen LogP contribution >= 0.6 is 0 Å². The number of unbranched alkanes of at least 4 members (excludes halogenated alkanes) is 18. The molecule has 0 aromatic heterocycles. The number of carboxylic acids is 1. The summed E-state index contributed by atoms with van der Waals surface area (Å²) in [5.74, 6) is -1.33. The summed E-state index contributed by atoms with van der Waals surface area (Å²) in [4.78, 5) is 34.6. The maximum atomic E-state index is 12.5. The molecule has 1 atom stereocenters. The largest absolute Gasteiger partial charge is 0.480 e. The van der Waals surface area contributed by atoms with Crippen LogP contribution in [0.15, 0.2) is 12.2 Å². The summed E-state index contributed by atoms with van der Waals surface area (Å²) in [5.41, 5.74) is 0. The van der Waals surface area contributed by atoms with Gasteiger partial charge in [-0.05, 0) is 44.6 Å². The number of hydrogen-bond donors (Lipinski definition) is 2. The van der Waals surface area contributed by atoms with E-state index >= 15 is 0 Å². The molecule has 39 heavy (non-hydrogen) atoms. The maximum absolute atomic E-state index is 12.5. The Bertz CT molecular complexity index is 619. The molecule has 0 spiro atoms. The lowest BCUT2D eigenvalue weighted by atomic mass is 10.0. The van der Waals surface area contributed by atoms with Crippen molar-refractivity contribution in [3.8, 4) is 0 Å². The van der Waals surface area contributed by atoms with Crippen LogP contribution in [0.1, 0.15) is 168 Å². The van der Waals surface area contributed by atoms with E-state index in [2.05, 4.69) is 31.3 Å². The van der Waals surface area contributed by atoms with Crippen LogP contribution in [0.4, 0.5) is 0 Å². The van der Waals surface area contributed by atoms with Crippen LogP contribution < -0.4 is 5.32 Å². The van der Waals surface area contributed by atoms with E-state index in [1.54, 1.807) is 0 Å². The van der Waals surface area contributed by atoms with Crippen molar-refractivity contribution in [3.63, 3.8) is 0 Å². The van der Waals surface area contributed by atoms with Gasteiger partial charge in [-0.2, -0.15) is 0 Å². The zero-order chi connectivity index (χ0) is 28.8. The number of allylic oxidation sites excluding steroid dienone is 1. The number of rotatable bonds is 29. The predicted molar refractivity (Wildman–Crippen MR) is 162 cm³/mol. The Kier molecular flexibility index (Phi) is 27.8. The summed E-state index contributed by atoms with van der Waals surface area (Å²) >= 11 is 0. The van der Waals surface area contributed by atoms with Crippen molar-refractivity contribution in [1.29, 1.82) is 0 Å². The van der Waals surface area contributed by atoms with Gasteiger partial charge in [-0.25, -0.2) is 0 Å². The summed E-state index contributed by atoms with van der Waals surface area (Å²) in [7, 11) is 0. The van der Waals surface area contributed by atoms with Gasteiger partial charge in [-0.1, -0.05) is 123 Å². The van der Waals surface area contributed by atoms with E-state index < -0.39 is 5.97 Å². The van der Waals surface area contributed by atoms with Crippen molar-refractivity contribution in [1.82, 2.24) is 5.32 Å². The molecule has 0 aromatic carbocycles. The zero-order valence-electron chi connectivity index (χ0n) is 25.5. The third-order valence-electron chi connectivity index (χ3n) is 7.17. The lowest BCUT2D eigenvalue weighted by molar-refractivity contribution is -0.147. The smallest absolute Gasteiger partial charge is 0.322 e. The molecule has 0 saturated heterocycles. The monoisotopic (exact) mass is 551 g/mol. The van der Waals surface area contributed by atoms with Crippen molar-refractivity contribution in [3.05, 3.63) is 12.2 Å². The van der Waals surface area contributed by atoms with Gasteiger partial charge in [0.25, 0.3) is 0 Å². The first kappa shape index (κ1) is 37.1. The second kappa shape index (κ2) is 29.1. The van der Waals surface area contributed by atoms with E-state index in [-0.39, 0.29) is 24.5 Å². The molecule has 0 aliphatic carbocycles. The third kappa shape index (κ3) is 29.0. The molecule has 0 heterocycles. The van der Waals surface area contributed by atoms with Gasteiger partial charge in [0.15, 0.2) is 0 Å². The first-order chi connectivity index (χ1) is 19.0. The van der Waals surface area contributed by atoms with Crippen LogP contribution in [0.2, 0.25) is 0 Å². The first-order valence-electron chi connectivity index (χ1n) is 16.3. The van der Waals surface area contributed by atoms with Crippen molar-refractivity contribution >= 4 is 17.8 Å². The summed E-state index contributed by atoms with van der Waals surface area (Å²) in [6.07, 6.45) is 30.6. The fraction of sp³-hybridized carbons (Fsp3) is 0.848. The molecule has 0 rings (SSSR count). The number of esters is 1. The molecule has 228 valence electrons. The van der Waals surface area contributed by atoms with E-state index in [0.29, 0.717) is 12.8 Å². The standard InChI is InChI=1S/C33H61NO5/c1-3-5-7-9-11-12-13-14-15-16-18-24-28-33(38)39-30(25-21-17-10-8-6-4-2)26-22-19-20-23-27-31(35)34-29-32(36)37/h21,25,30H,3-20,22-24,26-29H2,1-2H3,(H,34,35)(H,36,37)/b25-21-. The third-order valence-corrected chi connectivity index (χ3v) is 7.17. The van der Waals surface area contributed by atoms with E-state index in [9.17, 15) is 14.4 Å². The highest BCUT2D eigenvalue weighted by molar-refractivity contribution is 5.80. The number of hydrogen-bond acceptors (Lipinski definition) is 4. The van der Waals surface area contributed by atoms with Crippen molar-refractivity contribution in [2.24, 2.45) is 0 Å². The minimum Gasteiger partial charge on any atom is -0.480 e. The first-order valence-corrected chi connectivity index (χ1v) is 16.3. The Labute approximate surface area is 240 Å². The Balaban J connectivity index is 4.09. The van der Waals surface area contributed by atoms with E-state index in [1.807, 2.05) is 0 Å². The molecule has 0 aliphatic heterocycles. The number of amides is 1. The zero-order valence-corrected chi connectivity index (χ0v) is 25.5. The molecule has 0 fully saturated rings. The average Bonchev–Trinajstić information content (AvgIpc) is 2.91. The number of nitrogens with one attached hydrogen (secondary N) is 1. The Hall–Kier alpha value is -1.85. The maximum Gasteiger partial charge on any atom is 0.322 e. The van der Waals surface area contributed by atoms with Crippen LogP contribution in [0, 0.1) is 0 Å². The van der Waals surface area contributed by atoms with Gasteiger partial charge in [-0.15, -0.1) is 0 Å². The van der Waals surface area contributed by atoms with Crippen molar-refractivity contribution in [2.45, 2.75) is 174 Å². The Morgan fingerprint density at radius 3 is 1.72 bits per heavy atom. The van der Waals surface area contributed by atoms with Crippen LogP contribution in [0.25, 0.3) is 0 Å². The Morgan fingerprint density at radius 1 is 0.667 bits per heavy atom. The second-order valence-corrected chi connectivity index (χ2v) is 11.1. The van der Waals surface area contributed by atoms with Gasteiger partial charge in [0.05, 0.1) is 0 Å². The van der Waals surface area contributed by atoms with Crippen molar-refractivity contribution < 1.29 is 24.2 Å². The van der Waals surface area contributed by atoms with E-state index in [1.165, 1.54) is 89.9 Å². The summed E-state index contributed by atoms with van der Waals surface area (Å²) in [5, 5.41) is 11.0. The summed E-state index contributed by atoms with van der Waals surface area (Å²) in [6, 6.07) is 0. The Morgan fingerprint density at radius 2 is 1.15 bits per heavy atom. The molecule has 0 aromatic rings. The molecule has 0 radical (unpaired) electrons. The van der Waals surface area contributed by atoms with Crippen LogP contribution in [-0.2, 0) is 19.1 Å². The predicted octanol–water partition coefficient (Wildman–Crippen LogP) is 9.06. The summed E-state index contributed by atoms with van der Waals surface area (Å²) in [6.45, 7) is 4.15. The normalized spacial score (nSPS) is 12.1. The SMILES string of the molecule is CCCCCC/C=C\C(CCCCCCC(=O)NCC(=O)O)OC(=O)CCCCCCCCCCCCCC. The molecular weight excluding hydrogens is 490 g/mol. The fourth-order valence-corrected chi connectivity index (χ4v) is 4.72. The molecule has 0 aliphatic rings. The van der Waals surface area contributed by atoms with Crippen LogP contribution in [0.5, 0.6) is 0 Å². The van der Waals surface area contributed by atoms with Gasteiger partial charge in [0.2, 0.25) is 5.91 Å². The topological polar surface area (TPSA) is 92.7 Å². The van der Waals surface area contributed by atoms with Crippen LogP contribution in [0.3, 0.4) is 0 Å². The number of carbonyl (C=O) groups excluding carboxylic acids is 2. The molecular formula is C33H61NO5. The highest BCUT2D eigenvalue weighted by Crippen LogP contribution is 2.15.